The van der Waals surface area contributed by atoms with Crippen LogP contribution >= 0.6 is 15.9 Å². The van der Waals surface area contributed by atoms with E-state index in [-0.39, 0.29) is 65.1 Å². The first kappa shape index (κ1) is 33.4. The van der Waals surface area contributed by atoms with Crippen LogP contribution < -0.4 is 10.6 Å². The Hall–Kier alpha value is -4.53. The molecule has 250 valence electrons. The predicted octanol–water partition coefficient (Wildman–Crippen LogP) is 2.44. The zero-order valence-corrected chi connectivity index (χ0v) is 27.7. The lowest BCUT2D eigenvalue weighted by molar-refractivity contribution is -0.136. The van der Waals surface area contributed by atoms with Gasteiger partial charge in [-0.05, 0) is 36.1 Å². The molecule has 2 atom stereocenters. The number of benzene rings is 2. The SMILES string of the molecule is O=C1CCC(N2C(=O)c3cccc(NC(=O)CN4CCN(CCN=CC5=C(O)CC(c6ccccc6Br)CC5=O)CC4)c3C2=O)C(=O)N1. The van der Waals surface area contributed by atoms with Gasteiger partial charge in [0.2, 0.25) is 17.7 Å². The summed E-state index contributed by atoms with van der Waals surface area (Å²) < 4.78 is 0.919. The van der Waals surface area contributed by atoms with Gasteiger partial charge in [0.25, 0.3) is 11.8 Å². The molecule has 3 N–H and O–H groups in total. The van der Waals surface area contributed by atoms with Crippen LogP contribution in [0.2, 0.25) is 0 Å². The highest BCUT2D eigenvalue weighted by Gasteiger charge is 2.45. The number of hydrogen-bond donors (Lipinski definition) is 3. The Morgan fingerprint density at radius 3 is 2.46 bits per heavy atom. The van der Waals surface area contributed by atoms with Gasteiger partial charge in [0.05, 0.1) is 35.5 Å². The molecule has 1 aliphatic carbocycles. The molecule has 5 amide bonds. The quantitative estimate of drug-likeness (QED) is 0.261. The largest absolute Gasteiger partial charge is 0.511 e. The first-order chi connectivity index (χ1) is 23.1. The Morgan fingerprint density at radius 2 is 1.73 bits per heavy atom. The molecule has 48 heavy (non-hydrogen) atoms. The summed E-state index contributed by atoms with van der Waals surface area (Å²) in [7, 11) is 0. The highest BCUT2D eigenvalue weighted by Crippen LogP contribution is 2.36. The molecule has 4 aliphatic rings. The number of carbonyl (C=O) groups is 6. The number of nitrogens with one attached hydrogen (secondary N) is 2. The molecule has 3 aliphatic heterocycles. The number of amides is 5. The molecule has 2 aromatic carbocycles. The van der Waals surface area contributed by atoms with Crippen molar-refractivity contribution >= 4 is 63.2 Å². The number of aliphatic imine (C=N–C) groups is 1. The Balaban J connectivity index is 0.965. The van der Waals surface area contributed by atoms with Crippen LogP contribution in [0.25, 0.3) is 0 Å². The lowest BCUT2D eigenvalue weighted by Gasteiger charge is -2.34. The van der Waals surface area contributed by atoms with E-state index < -0.39 is 29.7 Å². The van der Waals surface area contributed by atoms with E-state index in [1.54, 1.807) is 12.1 Å². The molecular formula is C34H35BrN6O7. The fourth-order valence-corrected chi connectivity index (χ4v) is 7.23. The van der Waals surface area contributed by atoms with Gasteiger partial charge in [-0.25, -0.2) is 0 Å². The summed E-state index contributed by atoms with van der Waals surface area (Å²) in [5.74, 6) is -2.95. The fraction of sp³-hybridized carbons (Fsp3) is 0.382. The van der Waals surface area contributed by atoms with E-state index in [4.69, 9.17) is 0 Å². The van der Waals surface area contributed by atoms with Crippen molar-refractivity contribution in [2.75, 3.05) is 51.1 Å². The van der Waals surface area contributed by atoms with Gasteiger partial charge in [-0.15, -0.1) is 0 Å². The number of aliphatic hydroxyl groups excluding tert-OH is 1. The molecule has 0 aromatic heterocycles. The van der Waals surface area contributed by atoms with Gasteiger partial charge in [0.1, 0.15) is 11.8 Å². The number of anilines is 1. The predicted molar refractivity (Wildman–Crippen MR) is 179 cm³/mol. The van der Waals surface area contributed by atoms with E-state index in [2.05, 4.69) is 36.5 Å². The number of carbonyl (C=O) groups excluding carboxylic acids is 6. The Morgan fingerprint density at radius 1 is 0.979 bits per heavy atom. The van der Waals surface area contributed by atoms with Gasteiger partial charge in [0, 0.05) is 62.7 Å². The van der Waals surface area contributed by atoms with Crippen LogP contribution in [-0.4, -0.2) is 113 Å². The summed E-state index contributed by atoms with van der Waals surface area (Å²) in [6.07, 6.45) is 2.24. The average molecular weight is 720 g/mol. The lowest BCUT2D eigenvalue weighted by atomic mass is 9.83. The molecule has 0 saturated carbocycles. The molecule has 2 aromatic rings. The highest BCUT2D eigenvalue weighted by molar-refractivity contribution is 9.10. The van der Waals surface area contributed by atoms with Crippen molar-refractivity contribution in [1.29, 1.82) is 0 Å². The number of fused-ring (bicyclic) bond motifs is 1. The number of rotatable bonds is 9. The van der Waals surface area contributed by atoms with Gasteiger partial charge in [-0.3, -0.25) is 53.8 Å². The lowest BCUT2D eigenvalue weighted by Crippen LogP contribution is -2.54. The maximum absolute atomic E-state index is 13.3. The molecule has 2 unspecified atom stereocenters. The number of halogens is 1. The third-order valence-electron chi connectivity index (χ3n) is 9.17. The Kier molecular flexibility index (Phi) is 9.94. The van der Waals surface area contributed by atoms with Crippen molar-refractivity contribution in [2.24, 2.45) is 4.99 Å². The van der Waals surface area contributed by atoms with Gasteiger partial charge in [0.15, 0.2) is 5.78 Å². The van der Waals surface area contributed by atoms with Gasteiger partial charge in [-0.2, -0.15) is 0 Å². The molecule has 2 fully saturated rings. The first-order valence-corrected chi connectivity index (χ1v) is 16.7. The maximum atomic E-state index is 13.3. The summed E-state index contributed by atoms with van der Waals surface area (Å²) in [5.41, 5.74) is 1.60. The molecule has 0 spiro atoms. The molecule has 0 bridgehead atoms. The fourth-order valence-electron chi connectivity index (χ4n) is 6.62. The summed E-state index contributed by atoms with van der Waals surface area (Å²) in [6.45, 7) is 3.88. The molecule has 13 nitrogen and oxygen atoms in total. The molecule has 0 radical (unpaired) electrons. The topological polar surface area (TPSA) is 169 Å². The zero-order chi connectivity index (χ0) is 33.9. The summed E-state index contributed by atoms with van der Waals surface area (Å²) >= 11 is 3.53. The first-order valence-electron chi connectivity index (χ1n) is 15.9. The van der Waals surface area contributed by atoms with Crippen LogP contribution in [0.5, 0.6) is 0 Å². The Bertz CT molecular complexity index is 1750. The third-order valence-corrected chi connectivity index (χ3v) is 9.89. The summed E-state index contributed by atoms with van der Waals surface area (Å²) in [5, 5.41) is 15.5. The van der Waals surface area contributed by atoms with Crippen LogP contribution in [0.3, 0.4) is 0 Å². The van der Waals surface area contributed by atoms with Crippen molar-refractivity contribution in [2.45, 2.75) is 37.6 Å². The van der Waals surface area contributed by atoms with Crippen molar-refractivity contribution in [3.05, 3.63) is 75.0 Å². The van der Waals surface area contributed by atoms with Crippen LogP contribution in [0.15, 0.2) is 63.3 Å². The van der Waals surface area contributed by atoms with E-state index in [1.807, 2.05) is 29.2 Å². The van der Waals surface area contributed by atoms with Gasteiger partial charge < -0.3 is 10.4 Å². The number of allylic oxidation sites excluding steroid dienone is 2. The van der Waals surface area contributed by atoms with Gasteiger partial charge >= 0.3 is 0 Å². The Labute approximate surface area is 285 Å². The van der Waals surface area contributed by atoms with Crippen LogP contribution in [0, 0.1) is 0 Å². The van der Waals surface area contributed by atoms with Crippen molar-refractivity contribution in [3.63, 3.8) is 0 Å². The summed E-state index contributed by atoms with van der Waals surface area (Å²) in [6, 6.07) is 11.2. The second-order valence-electron chi connectivity index (χ2n) is 12.3. The highest BCUT2D eigenvalue weighted by atomic mass is 79.9. The third kappa shape index (κ3) is 7.00. The summed E-state index contributed by atoms with van der Waals surface area (Å²) in [4.78, 5) is 85.6. The molecule has 2 saturated heterocycles. The number of piperazine rings is 1. The normalized spacial score (nSPS) is 22.4. The zero-order valence-electron chi connectivity index (χ0n) is 26.1. The minimum atomic E-state index is -1.09. The second kappa shape index (κ2) is 14.3. The van der Waals surface area contributed by atoms with Crippen LogP contribution in [-0.2, 0) is 19.2 Å². The molecular weight excluding hydrogens is 684 g/mol. The average Bonchev–Trinajstić information content (AvgIpc) is 3.31. The van der Waals surface area contributed by atoms with Crippen molar-refractivity contribution < 1.29 is 33.9 Å². The standard InChI is InChI=1S/C34H35BrN6O7/c35-24-6-2-1-4-21(24)20-16-27(42)23(28(43)17-20)18-36-10-11-39-12-14-40(15-13-39)19-30(45)37-25-7-3-5-22-31(25)34(48)41(33(22)47)26-8-9-29(44)38-32(26)46/h1-7,18,20,26,42H,8-17,19H2,(H,37,45)(H,38,44,46). The smallest absolute Gasteiger partial charge is 0.264 e. The van der Waals surface area contributed by atoms with E-state index in [1.165, 1.54) is 12.3 Å². The molecule has 6 rings (SSSR count). The van der Waals surface area contributed by atoms with E-state index in [0.29, 0.717) is 52.1 Å². The second-order valence-corrected chi connectivity index (χ2v) is 13.1. The number of hydrogen-bond acceptors (Lipinski definition) is 10. The minimum Gasteiger partial charge on any atom is -0.511 e. The molecule has 3 heterocycles. The van der Waals surface area contributed by atoms with Crippen molar-refractivity contribution in [3.8, 4) is 0 Å². The number of aliphatic hydroxyl groups is 1. The number of piperidine rings is 1. The molecule has 14 heteroatoms. The van der Waals surface area contributed by atoms with E-state index in [0.717, 1.165) is 14.9 Å². The van der Waals surface area contributed by atoms with E-state index in [9.17, 15) is 33.9 Å². The van der Waals surface area contributed by atoms with Crippen molar-refractivity contribution in [1.82, 2.24) is 20.0 Å². The minimum absolute atomic E-state index is 0.0200. The van der Waals surface area contributed by atoms with Crippen LogP contribution in [0.4, 0.5) is 5.69 Å². The number of Topliss-reactive ketones (excluding diaryl/α,β-unsaturated/α-hetero) is 1. The number of ketones is 1. The number of imide groups is 2. The van der Waals surface area contributed by atoms with Gasteiger partial charge in [-0.1, -0.05) is 40.2 Å². The van der Waals surface area contributed by atoms with E-state index >= 15 is 0 Å². The monoisotopic (exact) mass is 718 g/mol. The maximum Gasteiger partial charge on any atom is 0.264 e. The number of nitrogens with zero attached hydrogens (tertiary/aromatic N) is 4. The van der Waals surface area contributed by atoms with Crippen LogP contribution in [0.1, 0.15) is 57.9 Å².